The molecule has 0 spiro atoms. The van der Waals surface area contributed by atoms with E-state index in [0.29, 0.717) is 38.5 Å². The van der Waals surface area contributed by atoms with E-state index in [1.165, 1.54) is 4.31 Å². The van der Waals surface area contributed by atoms with Gasteiger partial charge >= 0.3 is 0 Å². The van der Waals surface area contributed by atoms with Crippen LogP contribution in [-0.4, -0.2) is 62.3 Å². The zero-order valence-electron chi connectivity index (χ0n) is 16.7. The van der Waals surface area contributed by atoms with Crippen LogP contribution in [0.5, 0.6) is 0 Å². The molecular formula is C20H33N3O3S. The van der Waals surface area contributed by atoms with Crippen LogP contribution in [0, 0.1) is 5.92 Å². The third kappa shape index (κ3) is 6.30. The Balaban J connectivity index is 1.81. The second-order valence-electron chi connectivity index (χ2n) is 7.23. The Morgan fingerprint density at radius 3 is 2.33 bits per heavy atom. The second-order valence-corrected chi connectivity index (χ2v) is 9.20. The number of benzene rings is 1. The van der Waals surface area contributed by atoms with Crippen LogP contribution in [0.1, 0.15) is 39.2 Å². The minimum Gasteiger partial charge on any atom is -0.354 e. The molecule has 1 saturated heterocycles. The fraction of sp³-hybridized carbons (Fsp3) is 0.650. The third-order valence-electron chi connectivity index (χ3n) is 5.42. The summed E-state index contributed by atoms with van der Waals surface area (Å²) in [5, 5.41) is 3.05. The van der Waals surface area contributed by atoms with Crippen molar-refractivity contribution < 1.29 is 13.2 Å². The summed E-state index contributed by atoms with van der Waals surface area (Å²) in [4.78, 5) is 14.8. The lowest BCUT2D eigenvalue weighted by molar-refractivity contribution is -0.126. The Morgan fingerprint density at radius 1 is 1.19 bits per heavy atom. The van der Waals surface area contributed by atoms with Crippen molar-refractivity contribution in [3.8, 4) is 0 Å². The van der Waals surface area contributed by atoms with Gasteiger partial charge in [-0.25, -0.2) is 12.7 Å². The van der Waals surface area contributed by atoms with Gasteiger partial charge in [-0.15, -0.1) is 0 Å². The minimum absolute atomic E-state index is 0.0199. The summed E-state index contributed by atoms with van der Waals surface area (Å²) in [6.45, 7) is 9.74. The molecule has 1 fully saturated rings. The van der Waals surface area contributed by atoms with Gasteiger partial charge < -0.3 is 5.32 Å². The van der Waals surface area contributed by atoms with Crippen molar-refractivity contribution in [1.82, 2.24) is 14.5 Å². The summed E-state index contributed by atoms with van der Waals surface area (Å²) in [7, 11) is -3.33. The van der Waals surface area contributed by atoms with Gasteiger partial charge in [0.15, 0.2) is 0 Å². The Kier molecular flexibility index (Phi) is 8.26. The van der Waals surface area contributed by atoms with Crippen molar-refractivity contribution in [2.24, 2.45) is 5.92 Å². The molecule has 0 aliphatic carbocycles. The summed E-state index contributed by atoms with van der Waals surface area (Å²) in [5.74, 6) is -0.0299. The van der Waals surface area contributed by atoms with Crippen LogP contribution >= 0.6 is 0 Å². The molecule has 1 aromatic rings. The average molecular weight is 396 g/mol. The number of carbonyl (C=O) groups excluding carboxylic acids is 1. The van der Waals surface area contributed by atoms with Gasteiger partial charge in [-0.1, -0.05) is 44.2 Å². The van der Waals surface area contributed by atoms with E-state index in [-0.39, 0.29) is 17.6 Å². The number of carbonyl (C=O) groups is 1. The third-order valence-corrected chi connectivity index (χ3v) is 7.27. The first-order chi connectivity index (χ1) is 12.9. The molecule has 1 N–H and O–H groups in total. The van der Waals surface area contributed by atoms with Crippen LogP contribution in [0.25, 0.3) is 0 Å². The molecular weight excluding hydrogens is 362 g/mol. The molecule has 1 heterocycles. The van der Waals surface area contributed by atoms with Gasteiger partial charge in [0, 0.05) is 31.6 Å². The highest BCUT2D eigenvalue weighted by Crippen LogP contribution is 2.22. The first kappa shape index (κ1) is 21.9. The van der Waals surface area contributed by atoms with E-state index in [9.17, 15) is 13.2 Å². The lowest BCUT2D eigenvalue weighted by Gasteiger charge is -2.31. The molecule has 1 unspecified atom stereocenters. The predicted octanol–water partition coefficient (Wildman–Crippen LogP) is 2.07. The van der Waals surface area contributed by atoms with Crippen LogP contribution in [-0.2, 0) is 20.6 Å². The van der Waals surface area contributed by atoms with Gasteiger partial charge in [-0.3, -0.25) is 9.69 Å². The van der Waals surface area contributed by atoms with E-state index in [2.05, 4.69) is 31.0 Å². The van der Waals surface area contributed by atoms with Gasteiger partial charge in [0.05, 0.1) is 5.75 Å². The molecule has 2 rings (SSSR count). The Morgan fingerprint density at radius 2 is 1.78 bits per heavy atom. The number of nitrogens with zero attached hydrogens (tertiary/aromatic N) is 2. The number of amides is 1. The standard InChI is InChI=1S/C20H33N3O3S/c1-4-22(5-2)17(3)15-21-20(24)19-11-13-23(14-12-19)27(25,26)16-18-9-7-6-8-10-18/h6-10,17,19H,4-5,11-16H2,1-3H3,(H,21,24). The molecule has 152 valence electrons. The maximum absolute atomic E-state index is 12.6. The van der Waals surface area contributed by atoms with Crippen LogP contribution in [0.2, 0.25) is 0 Å². The van der Waals surface area contributed by atoms with Crippen LogP contribution in [0.15, 0.2) is 30.3 Å². The number of likely N-dealkylation sites (N-methyl/N-ethyl adjacent to an activating group) is 1. The molecule has 0 saturated carbocycles. The van der Waals surface area contributed by atoms with Crippen molar-refractivity contribution in [2.75, 3.05) is 32.7 Å². The van der Waals surface area contributed by atoms with E-state index in [1.807, 2.05) is 30.3 Å². The number of rotatable bonds is 9. The van der Waals surface area contributed by atoms with E-state index in [0.717, 1.165) is 18.7 Å². The van der Waals surface area contributed by atoms with E-state index in [4.69, 9.17) is 0 Å². The van der Waals surface area contributed by atoms with Crippen molar-refractivity contribution in [2.45, 2.75) is 45.4 Å². The normalized spacial score (nSPS) is 17.8. The van der Waals surface area contributed by atoms with Crippen molar-refractivity contribution in [3.63, 3.8) is 0 Å². The molecule has 1 aliphatic heterocycles. The summed E-state index contributed by atoms with van der Waals surface area (Å²) >= 11 is 0. The van der Waals surface area contributed by atoms with Crippen molar-refractivity contribution in [3.05, 3.63) is 35.9 Å². The van der Waals surface area contributed by atoms with Gasteiger partial charge in [-0.05, 0) is 38.4 Å². The molecule has 1 atom stereocenters. The first-order valence-electron chi connectivity index (χ1n) is 9.90. The van der Waals surface area contributed by atoms with E-state index >= 15 is 0 Å². The van der Waals surface area contributed by atoms with Crippen LogP contribution in [0.3, 0.4) is 0 Å². The fourth-order valence-electron chi connectivity index (χ4n) is 3.64. The fourth-order valence-corrected chi connectivity index (χ4v) is 5.20. The largest absolute Gasteiger partial charge is 0.354 e. The van der Waals surface area contributed by atoms with Gasteiger partial charge in [0.1, 0.15) is 0 Å². The number of sulfonamides is 1. The highest BCUT2D eigenvalue weighted by molar-refractivity contribution is 7.88. The maximum Gasteiger partial charge on any atom is 0.223 e. The molecule has 1 aliphatic rings. The van der Waals surface area contributed by atoms with Gasteiger partial charge in [0.2, 0.25) is 15.9 Å². The molecule has 0 bridgehead atoms. The van der Waals surface area contributed by atoms with Crippen molar-refractivity contribution >= 4 is 15.9 Å². The average Bonchev–Trinajstić information content (AvgIpc) is 2.67. The van der Waals surface area contributed by atoms with E-state index in [1.54, 1.807) is 0 Å². The lowest BCUT2D eigenvalue weighted by atomic mass is 9.97. The number of hydrogen-bond acceptors (Lipinski definition) is 4. The first-order valence-corrected chi connectivity index (χ1v) is 11.5. The molecule has 1 aromatic carbocycles. The lowest BCUT2D eigenvalue weighted by Crippen LogP contribution is -2.46. The number of nitrogens with one attached hydrogen (secondary N) is 1. The molecule has 6 nitrogen and oxygen atoms in total. The van der Waals surface area contributed by atoms with Crippen LogP contribution < -0.4 is 5.32 Å². The maximum atomic E-state index is 12.6. The van der Waals surface area contributed by atoms with Gasteiger partial charge in [-0.2, -0.15) is 0 Å². The number of hydrogen-bond donors (Lipinski definition) is 1. The quantitative estimate of drug-likeness (QED) is 0.695. The molecule has 7 heteroatoms. The Bertz CT molecular complexity index is 682. The molecule has 0 radical (unpaired) electrons. The predicted molar refractivity (Wildman–Crippen MR) is 109 cm³/mol. The second kappa shape index (κ2) is 10.2. The topological polar surface area (TPSA) is 69.7 Å². The number of piperidine rings is 1. The smallest absolute Gasteiger partial charge is 0.223 e. The summed E-state index contributed by atoms with van der Waals surface area (Å²) in [5.41, 5.74) is 0.794. The Hall–Kier alpha value is -1.44. The van der Waals surface area contributed by atoms with Gasteiger partial charge in [0.25, 0.3) is 0 Å². The molecule has 27 heavy (non-hydrogen) atoms. The molecule has 1 amide bonds. The monoisotopic (exact) mass is 395 g/mol. The summed E-state index contributed by atoms with van der Waals surface area (Å²) in [6.07, 6.45) is 1.17. The zero-order chi connectivity index (χ0) is 19.9. The zero-order valence-corrected chi connectivity index (χ0v) is 17.5. The SMILES string of the molecule is CCN(CC)C(C)CNC(=O)C1CCN(S(=O)(=O)Cc2ccccc2)CC1. The highest BCUT2D eigenvalue weighted by atomic mass is 32.2. The molecule has 0 aromatic heterocycles. The highest BCUT2D eigenvalue weighted by Gasteiger charge is 2.31. The minimum atomic E-state index is -3.33. The van der Waals surface area contributed by atoms with Crippen LogP contribution in [0.4, 0.5) is 0 Å². The van der Waals surface area contributed by atoms with Crippen molar-refractivity contribution in [1.29, 1.82) is 0 Å². The van der Waals surface area contributed by atoms with E-state index < -0.39 is 10.0 Å². The Labute approximate surface area is 164 Å². The summed E-state index contributed by atoms with van der Waals surface area (Å²) < 4.78 is 26.7. The summed E-state index contributed by atoms with van der Waals surface area (Å²) in [6, 6.07) is 9.53.